The molecule has 5 nitrogen and oxygen atoms in total. The molecule has 1 amide bonds. The highest BCUT2D eigenvalue weighted by atomic mass is 16.4. The summed E-state index contributed by atoms with van der Waals surface area (Å²) in [6.45, 7) is 6.90. The van der Waals surface area contributed by atoms with Gasteiger partial charge in [-0.15, -0.1) is 0 Å². The Balaban J connectivity index is 4.22. The van der Waals surface area contributed by atoms with Crippen molar-refractivity contribution in [3.05, 3.63) is 0 Å². The fourth-order valence-electron chi connectivity index (χ4n) is 1.85. The van der Waals surface area contributed by atoms with Gasteiger partial charge in [0.1, 0.15) is 0 Å². The van der Waals surface area contributed by atoms with E-state index in [1.54, 1.807) is 0 Å². The van der Waals surface area contributed by atoms with Crippen LogP contribution in [0, 0.1) is 5.41 Å². The summed E-state index contributed by atoms with van der Waals surface area (Å²) in [7, 11) is 1.84. The number of carbonyl (C=O) groups excluding carboxylic acids is 1. The van der Waals surface area contributed by atoms with Crippen molar-refractivity contribution < 1.29 is 14.7 Å². The van der Waals surface area contributed by atoms with Crippen LogP contribution in [0.4, 0.5) is 0 Å². The van der Waals surface area contributed by atoms with Gasteiger partial charge in [0.15, 0.2) is 0 Å². The molecule has 106 valence electrons. The monoisotopic (exact) mass is 258 g/mol. The van der Waals surface area contributed by atoms with Gasteiger partial charge in [-0.1, -0.05) is 20.8 Å². The van der Waals surface area contributed by atoms with Crippen LogP contribution in [0.5, 0.6) is 0 Å². The van der Waals surface area contributed by atoms with Crippen molar-refractivity contribution in [2.75, 3.05) is 13.6 Å². The molecule has 3 N–H and O–H groups in total. The van der Waals surface area contributed by atoms with Crippen molar-refractivity contribution in [2.45, 2.75) is 52.5 Å². The van der Waals surface area contributed by atoms with Gasteiger partial charge < -0.3 is 15.7 Å². The molecule has 0 spiro atoms. The number of hydrogen-bond donors (Lipinski definition) is 3. The van der Waals surface area contributed by atoms with Crippen LogP contribution in [-0.4, -0.2) is 36.6 Å². The first-order valence-corrected chi connectivity index (χ1v) is 6.40. The molecule has 5 heteroatoms. The molecule has 0 saturated heterocycles. The third-order valence-corrected chi connectivity index (χ3v) is 2.48. The molecular formula is C13H26N2O3. The second-order valence-electron chi connectivity index (χ2n) is 5.83. The normalized spacial score (nSPS) is 13.1. The molecule has 0 bridgehead atoms. The topological polar surface area (TPSA) is 78.4 Å². The van der Waals surface area contributed by atoms with E-state index in [1.807, 2.05) is 27.8 Å². The lowest BCUT2D eigenvalue weighted by Crippen LogP contribution is -2.39. The maximum atomic E-state index is 11.7. The Morgan fingerprint density at radius 2 is 1.89 bits per heavy atom. The summed E-state index contributed by atoms with van der Waals surface area (Å²) in [6.07, 6.45) is 1.84. The minimum Gasteiger partial charge on any atom is -0.481 e. The fraction of sp³-hybridized carbons (Fsp3) is 0.846. The molecule has 0 aromatic carbocycles. The summed E-state index contributed by atoms with van der Waals surface area (Å²) in [5.74, 6) is -0.944. The smallest absolute Gasteiger partial charge is 0.305 e. The minimum atomic E-state index is -0.875. The zero-order valence-electron chi connectivity index (χ0n) is 11.9. The van der Waals surface area contributed by atoms with Gasteiger partial charge in [0.2, 0.25) is 5.91 Å². The lowest BCUT2D eigenvalue weighted by Gasteiger charge is -2.25. The summed E-state index contributed by atoms with van der Waals surface area (Å²) < 4.78 is 0. The van der Waals surface area contributed by atoms with Gasteiger partial charge in [-0.2, -0.15) is 0 Å². The Bertz CT molecular complexity index is 272. The lowest BCUT2D eigenvalue weighted by molar-refractivity contribution is -0.137. The van der Waals surface area contributed by atoms with E-state index in [9.17, 15) is 9.59 Å². The fourth-order valence-corrected chi connectivity index (χ4v) is 1.85. The van der Waals surface area contributed by atoms with E-state index in [4.69, 9.17) is 5.11 Å². The van der Waals surface area contributed by atoms with Crippen molar-refractivity contribution in [1.82, 2.24) is 10.6 Å². The Morgan fingerprint density at radius 3 is 2.33 bits per heavy atom. The van der Waals surface area contributed by atoms with Crippen molar-refractivity contribution >= 4 is 11.9 Å². The van der Waals surface area contributed by atoms with Gasteiger partial charge in [0.25, 0.3) is 0 Å². The maximum Gasteiger partial charge on any atom is 0.305 e. The quantitative estimate of drug-likeness (QED) is 0.575. The summed E-state index contributed by atoms with van der Waals surface area (Å²) >= 11 is 0. The molecule has 0 aliphatic rings. The maximum absolute atomic E-state index is 11.7. The largest absolute Gasteiger partial charge is 0.481 e. The second kappa shape index (κ2) is 8.08. The van der Waals surface area contributed by atoms with Gasteiger partial charge in [0, 0.05) is 12.5 Å². The minimum absolute atomic E-state index is 0.00162. The van der Waals surface area contributed by atoms with Gasteiger partial charge in [0.05, 0.1) is 6.42 Å². The van der Waals surface area contributed by atoms with E-state index in [0.29, 0.717) is 12.8 Å². The predicted molar refractivity (Wildman–Crippen MR) is 71.4 cm³/mol. The van der Waals surface area contributed by atoms with E-state index in [0.717, 1.165) is 13.0 Å². The molecule has 0 aromatic heterocycles. The number of amides is 1. The van der Waals surface area contributed by atoms with Gasteiger partial charge >= 0.3 is 5.97 Å². The predicted octanol–water partition coefficient (Wildman–Crippen LogP) is 1.38. The standard InChI is InChI=1S/C13H26N2O3/c1-13(2,3)9-10(8-12(17)18)15-11(16)6-5-7-14-4/h10,14H,5-9H2,1-4H3,(H,15,16)(H,17,18). The zero-order chi connectivity index (χ0) is 14.2. The van der Waals surface area contributed by atoms with Crippen LogP contribution < -0.4 is 10.6 Å². The average molecular weight is 258 g/mol. The molecule has 1 atom stereocenters. The SMILES string of the molecule is CNCCCC(=O)NC(CC(=O)O)CC(C)(C)C. The number of nitrogens with one attached hydrogen (secondary N) is 2. The number of carbonyl (C=O) groups is 2. The molecule has 0 radical (unpaired) electrons. The molecule has 0 fully saturated rings. The van der Waals surface area contributed by atoms with Gasteiger partial charge in [-0.05, 0) is 31.8 Å². The number of rotatable bonds is 8. The molecular weight excluding hydrogens is 232 g/mol. The van der Waals surface area contributed by atoms with E-state index >= 15 is 0 Å². The van der Waals surface area contributed by atoms with Crippen LogP contribution in [0.3, 0.4) is 0 Å². The molecule has 0 aromatic rings. The molecule has 0 aliphatic carbocycles. The summed E-state index contributed by atoms with van der Waals surface area (Å²) in [4.78, 5) is 22.4. The van der Waals surface area contributed by atoms with Crippen LogP contribution in [-0.2, 0) is 9.59 Å². The van der Waals surface area contributed by atoms with Crippen LogP contribution in [0.1, 0.15) is 46.5 Å². The van der Waals surface area contributed by atoms with Gasteiger partial charge in [-0.3, -0.25) is 9.59 Å². The summed E-state index contributed by atoms with van der Waals surface area (Å²) in [5, 5.41) is 14.6. The number of hydrogen-bond acceptors (Lipinski definition) is 3. The highest BCUT2D eigenvalue weighted by Gasteiger charge is 2.22. The van der Waals surface area contributed by atoms with Crippen LogP contribution in [0.2, 0.25) is 0 Å². The summed E-state index contributed by atoms with van der Waals surface area (Å²) in [5.41, 5.74) is -0.00162. The van der Waals surface area contributed by atoms with E-state index < -0.39 is 5.97 Å². The van der Waals surface area contributed by atoms with Crippen LogP contribution in [0.25, 0.3) is 0 Å². The third kappa shape index (κ3) is 10.1. The van der Waals surface area contributed by atoms with Crippen LogP contribution in [0.15, 0.2) is 0 Å². The van der Waals surface area contributed by atoms with Crippen molar-refractivity contribution in [3.63, 3.8) is 0 Å². The lowest BCUT2D eigenvalue weighted by atomic mass is 9.87. The van der Waals surface area contributed by atoms with E-state index in [-0.39, 0.29) is 23.8 Å². The number of aliphatic carboxylic acids is 1. The van der Waals surface area contributed by atoms with E-state index in [1.165, 1.54) is 0 Å². The number of carboxylic acid groups (broad SMARTS) is 1. The summed E-state index contributed by atoms with van der Waals surface area (Å²) in [6, 6.07) is -0.287. The molecule has 0 rings (SSSR count). The molecule has 0 aliphatic heterocycles. The number of carboxylic acids is 1. The molecule has 18 heavy (non-hydrogen) atoms. The first kappa shape index (κ1) is 16.9. The second-order valence-corrected chi connectivity index (χ2v) is 5.83. The molecule has 1 unspecified atom stereocenters. The van der Waals surface area contributed by atoms with Crippen LogP contribution >= 0.6 is 0 Å². The zero-order valence-corrected chi connectivity index (χ0v) is 11.9. The Hall–Kier alpha value is -1.10. The Morgan fingerprint density at radius 1 is 1.28 bits per heavy atom. The highest BCUT2D eigenvalue weighted by molar-refractivity contribution is 5.77. The van der Waals surface area contributed by atoms with Crippen molar-refractivity contribution in [1.29, 1.82) is 0 Å². The first-order valence-electron chi connectivity index (χ1n) is 6.40. The third-order valence-electron chi connectivity index (χ3n) is 2.48. The van der Waals surface area contributed by atoms with Crippen molar-refractivity contribution in [2.24, 2.45) is 5.41 Å². The molecule has 0 saturated carbocycles. The average Bonchev–Trinajstić information content (AvgIpc) is 2.13. The highest BCUT2D eigenvalue weighted by Crippen LogP contribution is 2.22. The Kier molecular flexibility index (Phi) is 7.59. The Labute approximate surface area is 109 Å². The van der Waals surface area contributed by atoms with E-state index in [2.05, 4.69) is 10.6 Å². The molecule has 0 heterocycles. The first-order chi connectivity index (χ1) is 8.24. The van der Waals surface area contributed by atoms with Gasteiger partial charge in [-0.25, -0.2) is 0 Å². The van der Waals surface area contributed by atoms with Crippen molar-refractivity contribution in [3.8, 4) is 0 Å².